The lowest BCUT2D eigenvalue weighted by atomic mass is 10.1. The maximum atomic E-state index is 8.87. The Morgan fingerprint density at radius 2 is 1.12 bits per heavy atom. The highest BCUT2D eigenvalue weighted by atomic mass is 16.3. The smallest absolute Gasteiger partial charge is 0.158 e. The summed E-state index contributed by atoms with van der Waals surface area (Å²) in [6, 6.07) is 27.8. The zero-order valence-corrected chi connectivity index (χ0v) is 18.3. The molecule has 6 rings (SSSR count). The Hall–Kier alpha value is -4.38. The number of benzene rings is 4. The van der Waals surface area contributed by atoms with Crippen LogP contribution in [0.2, 0.25) is 0 Å². The highest BCUT2D eigenvalue weighted by molar-refractivity contribution is 6.20. The van der Waals surface area contributed by atoms with Crippen LogP contribution in [0.5, 0.6) is 0 Å². The Labute approximate surface area is 190 Å². The molecule has 0 saturated heterocycles. The number of rotatable bonds is 2. The average Bonchev–Trinajstić information content (AvgIpc) is 3.40. The highest BCUT2D eigenvalue weighted by Gasteiger charge is 2.18. The molecule has 33 heavy (non-hydrogen) atoms. The van der Waals surface area contributed by atoms with E-state index in [9.17, 15) is 0 Å². The van der Waals surface area contributed by atoms with Gasteiger partial charge in [0.2, 0.25) is 0 Å². The van der Waals surface area contributed by atoms with Crippen LogP contribution in [-0.2, 0) is 0 Å². The van der Waals surface area contributed by atoms with Gasteiger partial charge in [0.15, 0.2) is 5.84 Å². The summed E-state index contributed by atoms with van der Waals surface area (Å²) in [6.07, 6.45) is 0. The second-order valence-electron chi connectivity index (χ2n) is 8.24. The lowest BCUT2D eigenvalue weighted by Gasteiger charge is -2.16. The molecule has 0 bridgehead atoms. The number of nitrogens with zero attached hydrogens (tertiary/aromatic N) is 2. The third-order valence-corrected chi connectivity index (χ3v) is 5.95. The van der Waals surface area contributed by atoms with Crippen molar-refractivity contribution in [2.45, 2.75) is 0 Å². The summed E-state index contributed by atoms with van der Waals surface area (Å²) in [4.78, 5) is 6.67. The SMILES string of the molecule is CN(C)C(=NC(=N)c1cccc2c1oc1ccccc12)c1cccc2c1oc1ccccc12. The summed E-state index contributed by atoms with van der Waals surface area (Å²) in [5.41, 5.74) is 4.57. The summed E-state index contributed by atoms with van der Waals surface area (Å²) in [5, 5.41) is 13.0. The molecule has 0 spiro atoms. The molecule has 0 atom stereocenters. The first-order valence-corrected chi connectivity index (χ1v) is 10.8. The van der Waals surface area contributed by atoms with Crippen molar-refractivity contribution in [3.05, 3.63) is 96.1 Å². The normalized spacial score (nSPS) is 12.2. The Bertz CT molecular complexity index is 1720. The van der Waals surface area contributed by atoms with Crippen LogP contribution in [0.1, 0.15) is 11.1 Å². The van der Waals surface area contributed by atoms with E-state index < -0.39 is 0 Å². The molecular weight excluding hydrogens is 410 g/mol. The first kappa shape index (κ1) is 19.3. The Morgan fingerprint density at radius 1 is 0.636 bits per heavy atom. The molecule has 0 aliphatic rings. The largest absolute Gasteiger partial charge is 0.455 e. The van der Waals surface area contributed by atoms with Crippen molar-refractivity contribution in [1.82, 2.24) is 4.90 Å². The fourth-order valence-corrected chi connectivity index (χ4v) is 4.42. The summed E-state index contributed by atoms with van der Waals surface area (Å²) in [6.45, 7) is 0. The van der Waals surface area contributed by atoms with Crippen LogP contribution in [0.4, 0.5) is 0 Å². The van der Waals surface area contributed by atoms with Gasteiger partial charge in [-0.3, -0.25) is 5.41 Å². The minimum absolute atomic E-state index is 0.136. The number of hydrogen-bond donors (Lipinski definition) is 1. The van der Waals surface area contributed by atoms with Crippen molar-refractivity contribution < 1.29 is 8.83 Å². The van der Waals surface area contributed by atoms with E-state index >= 15 is 0 Å². The van der Waals surface area contributed by atoms with Crippen LogP contribution in [0.3, 0.4) is 0 Å². The van der Waals surface area contributed by atoms with E-state index in [2.05, 4.69) is 12.1 Å². The predicted octanol–water partition coefficient (Wildman–Crippen LogP) is 6.82. The molecule has 5 nitrogen and oxygen atoms in total. The van der Waals surface area contributed by atoms with Gasteiger partial charge in [0, 0.05) is 35.6 Å². The maximum absolute atomic E-state index is 8.87. The Kier molecular flexibility index (Phi) is 4.30. The molecule has 160 valence electrons. The van der Waals surface area contributed by atoms with Crippen LogP contribution in [0, 0.1) is 5.41 Å². The second kappa shape index (κ2) is 7.35. The summed E-state index contributed by atoms with van der Waals surface area (Å²) in [5.74, 6) is 0.786. The number of nitrogens with one attached hydrogen (secondary N) is 1. The number of aliphatic imine (C=N–C) groups is 1. The van der Waals surface area contributed by atoms with Gasteiger partial charge < -0.3 is 13.7 Å². The van der Waals surface area contributed by atoms with E-state index in [4.69, 9.17) is 19.2 Å². The third-order valence-electron chi connectivity index (χ3n) is 5.95. The van der Waals surface area contributed by atoms with Gasteiger partial charge in [0.1, 0.15) is 28.2 Å². The molecular formula is C28H21N3O2. The molecule has 2 heterocycles. The molecule has 1 N–H and O–H groups in total. The predicted molar refractivity (Wildman–Crippen MR) is 134 cm³/mol. The summed E-state index contributed by atoms with van der Waals surface area (Å²) in [7, 11) is 3.85. The number of amidine groups is 2. The monoisotopic (exact) mass is 431 g/mol. The number of hydrogen-bond acceptors (Lipinski definition) is 3. The Balaban J connectivity index is 1.54. The summed E-state index contributed by atoms with van der Waals surface area (Å²) < 4.78 is 12.3. The van der Waals surface area contributed by atoms with Crippen molar-refractivity contribution in [3.63, 3.8) is 0 Å². The van der Waals surface area contributed by atoms with Crippen LogP contribution in [0.25, 0.3) is 43.9 Å². The lowest BCUT2D eigenvalue weighted by molar-refractivity contribution is 0.620. The van der Waals surface area contributed by atoms with Gasteiger partial charge in [0.05, 0.1) is 11.1 Å². The fraction of sp³-hybridized carbons (Fsp3) is 0.0714. The van der Waals surface area contributed by atoms with E-state index in [1.54, 1.807) is 0 Å². The first-order valence-electron chi connectivity index (χ1n) is 10.8. The van der Waals surface area contributed by atoms with Gasteiger partial charge in [-0.15, -0.1) is 0 Å². The van der Waals surface area contributed by atoms with Gasteiger partial charge in [-0.2, -0.15) is 0 Å². The Morgan fingerprint density at radius 3 is 1.70 bits per heavy atom. The van der Waals surface area contributed by atoms with Crippen molar-refractivity contribution >= 4 is 55.5 Å². The number of fused-ring (bicyclic) bond motifs is 6. The second-order valence-corrected chi connectivity index (χ2v) is 8.24. The van der Waals surface area contributed by atoms with Crippen molar-refractivity contribution in [2.75, 3.05) is 14.1 Å². The van der Waals surface area contributed by atoms with E-state index in [0.29, 0.717) is 17.0 Å². The topological polar surface area (TPSA) is 65.7 Å². The molecule has 0 amide bonds. The van der Waals surface area contributed by atoms with Gasteiger partial charge in [-0.25, -0.2) is 4.99 Å². The number of para-hydroxylation sites is 4. The van der Waals surface area contributed by atoms with E-state index in [1.165, 1.54) is 0 Å². The van der Waals surface area contributed by atoms with Crippen molar-refractivity contribution in [2.24, 2.45) is 4.99 Å². The highest BCUT2D eigenvalue weighted by Crippen LogP contribution is 2.33. The zero-order valence-electron chi connectivity index (χ0n) is 18.3. The van der Waals surface area contributed by atoms with Gasteiger partial charge in [-0.05, 0) is 24.3 Å². The molecule has 0 radical (unpaired) electrons. The molecule has 0 aliphatic heterocycles. The maximum Gasteiger partial charge on any atom is 0.158 e. The molecule has 5 heteroatoms. The quantitative estimate of drug-likeness (QED) is 0.242. The van der Waals surface area contributed by atoms with Crippen molar-refractivity contribution in [1.29, 1.82) is 5.41 Å². The summed E-state index contributed by atoms with van der Waals surface area (Å²) >= 11 is 0. The van der Waals surface area contributed by atoms with Gasteiger partial charge in [-0.1, -0.05) is 60.7 Å². The minimum Gasteiger partial charge on any atom is -0.455 e. The molecule has 0 aliphatic carbocycles. The van der Waals surface area contributed by atoms with Crippen LogP contribution >= 0.6 is 0 Å². The van der Waals surface area contributed by atoms with E-state index in [-0.39, 0.29) is 5.84 Å². The van der Waals surface area contributed by atoms with Crippen molar-refractivity contribution in [3.8, 4) is 0 Å². The first-order chi connectivity index (χ1) is 16.1. The molecule has 0 unspecified atom stereocenters. The van der Waals surface area contributed by atoms with E-state index in [1.807, 2.05) is 91.8 Å². The molecule has 0 saturated carbocycles. The lowest BCUT2D eigenvalue weighted by Crippen LogP contribution is -2.24. The molecule has 4 aromatic carbocycles. The standard InChI is InChI=1S/C28H21N3O2/c1-31(2)28(22-14-8-12-20-18-10-4-6-16-24(18)33-26(20)22)30-27(29)21-13-7-11-19-17-9-3-5-15-23(17)32-25(19)21/h3-16,29H,1-2H3. The van der Waals surface area contributed by atoms with Gasteiger partial charge in [0.25, 0.3) is 0 Å². The third kappa shape index (κ3) is 3.01. The zero-order chi connectivity index (χ0) is 22.5. The minimum atomic E-state index is 0.136. The van der Waals surface area contributed by atoms with Crippen LogP contribution in [-0.4, -0.2) is 30.7 Å². The molecule has 0 fully saturated rings. The number of furan rings is 2. The van der Waals surface area contributed by atoms with Crippen LogP contribution < -0.4 is 0 Å². The molecule has 6 aromatic rings. The molecule has 2 aromatic heterocycles. The van der Waals surface area contributed by atoms with E-state index in [0.717, 1.165) is 43.9 Å². The average molecular weight is 431 g/mol. The fourth-order valence-electron chi connectivity index (χ4n) is 4.42. The van der Waals surface area contributed by atoms with Gasteiger partial charge >= 0.3 is 0 Å². The van der Waals surface area contributed by atoms with Crippen LogP contribution in [0.15, 0.2) is 98.8 Å².